The van der Waals surface area contributed by atoms with E-state index in [1.807, 2.05) is 20.8 Å². The van der Waals surface area contributed by atoms with Crippen molar-refractivity contribution in [3.63, 3.8) is 0 Å². The van der Waals surface area contributed by atoms with Gasteiger partial charge in [-0.2, -0.15) is 0 Å². The Bertz CT molecular complexity index is 420. The molecule has 0 radical (unpaired) electrons. The number of hydrogen-bond acceptors (Lipinski definition) is 4. The van der Waals surface area contributed by atoms with Gasteiger partial charge in [-0.3, -0.25) is 0 Å². The average Bonchev–Trinajstić information content (AvgIpc) is 2.71. The Morgan fingerprint density at radius 3 is 2.48 bits per heavy atom. The third kappa shape index (κ3) is 5.40. The van der Waals surface area contributed by atoms with E-state index in [-0.39, 0.29) is 18.1 Å². The fourth-order valence-corrected chi connectivity index (χ4v) is 2.35. The predicted molar refractivity (Wildman–Crippen MR) is 80.9 cm³/mol. The van der Waals surface area contributed by atoms with E-state index in [9.17, 15) is 9.59 Å². The molecule has 0 aliphatic carbocycles. The van der Waals surface area contributed by atoms with Gasteiger partial charge in [-0.1, -0.05) is 13.8 Å². The molecule has 1 saturated heterocycles. The van der Waals surface area contributed by atoms with Gasteiger partial charge in [-0.15, -0.1) is 0 Å². The highest BCUT2D eigenvalue weighted by Crippen LogP contribution is 2.29. The summed E-state index contributed by atoms with van der Waals surface area (Å²) in [5, 5.41) is 0. The molecule has 0 aromatic rings. The molecule has 0 spiro atoms. The molecule has 1 aliphatic heterocycles. The van der Waals surface area contributed by atoms with Crippen molar-refractivity contribution >= 4 is 12.1 Å². The van der Waals surface area contributed by atoms with Gasteiger partial charge in [0.25, 0.3) is 0 Å². The topological polar surface area (TPSA) is 55.8 Å². The molecular weight excluding hydrogens is 270 g/mol. The van der Waals surface area contributed by atoms with Crippen molar-refractivity contribution in [1.29, 1.82) is 0 Å². The average molecular weight is 297 g/mol. The highest BCUT2D eigenvalue weighted by Gasteiger charge is 2.36. The Morgan fingerprint density at radius 2 is 2.00 bits per heavy atom. The zero-order valence-electron chi connectivity index (χ0n) is 13.9. The first-order valence-electron chi connectivity index (χ1n) is 7.50. The van der Waals surface area contributed by atoms with Gasteiger partial charge >= 0.3 is 12.1 Å². The molecule has 0 aromatic carbocycles. The number of likely N-dealkylation sites (tertiary alicyclic amines) is 1. The molecule has 1 fully saturated rings. The Hall–Kier alpha value is -1.52. The van der Waals surface area contributed by atoms with Crippen LogP contribution in [-0.2, 0) is 14.3 Å². The summed E-state index contributed by atoms with van der Waals surface area (Å²) in [5.41, 5.74) is 0.393. The van der Waals surface area contributed by atoms with Gasteiger partial charge in [0.2, 0.25) is 0 Å². The number of carbonyl (C=O) groups is 2. The maximum absolute atomic E-state index is 12.3. The monoisotopic (exact) mass is 297 g/mol. The van der Waals surface area contributed by atoms with Crippen LogP contribution in [0.3, 0.4) is 0 Å². The standard InChI is InChI=1S/C16H27NO4/c1-7-20-14(18)9-12-8-13(11(2)3)17(10-12)15(19)21-16(4,5)6/h9,11,13H,7-8,10H2,1-6H3/b12-9-. The molecular formula is C16H27NO4. The summed E-state index contributed by atoms with van der Waals surface area (Å²) in [6.07, 6.45) is 1.87. The molecule has 0 saturated carbocycles. The van der Waals surface area contributed by atoms with E-state index >= 15 is 0 Å². The molecule has 120 valence electrons. The van der Waals surface area contributed by atoms with Gasteiger partial charge in [-0.25, -0.2) is 9.59 Å². The lowest BCUT2D eigenvalue weighted by Gasteiger charge is -2.30. The summed E-state index contributed by atoms with van der Waals surface area (Å²) in [6, 6.07) is 0.0560. The SMILES string of the molecule is CCOC(=O)/C=C1/CC(C(C)C)N(C(=O)OC(C)(C)C)C1. The molecule has 1 aliphatic rings. The second kappa shape index (κ2) is 6.96. The van der Waals surface area contributed by atoms with Crippen molar-refractivity contribution in [2.24, 2.45) is 5.92 Å². The largest absolute Gasteiger partial charge is 0.463 e. The van der Waals surface area contributed by atoms with Gasteiger partial charge in [0.05, 0.1) is 6.61 Å². The Labute approximate surface area is 127 Å². The zero-order valence-corrected chi connectivity index (χ0v) is 13.9. The maximum Gasteiger partial charge on any atom is 0.410 e. The van der Waals surface area contributed by atoms with Crippen molar-refractivity contribution in [3.8, 4) is 0 Å². The quantitative estimate of drug-likeness (QED) is 0.593. The predicted octanol–water partition coefficient (Wildman–Crippen LogP) is 3.14. The highest BCUT2D eigenvalue weighted by atomic mass is 16.6. The second-order valence-electron chi connectivity index (χ2n) is 6.68. The normalized spacial score (nSPS) is 21.0. The first-order valence-corrected chi connectivity index (χ1v) is 7.50. The molecule has 1 rings (SSSR count). The van der Waals surface area contributed by atoms with Gasteiger partial charge in [-0.05, 0) is 45.6 Å². The summed E-state index contributed by atoms with van der Waals surface area (Å²) < 4.78 is 10.4. The lowest BCUT2D eigenvalue weighted by atomic mass is 10.0. The summed E-state index contributed by atoms with van der Waals surface area (Å²) in [7, 11) is 0. The van der Waals surface area contributed by atoms with Crippen LogP contribution in [0.5, 0.6) is 0 Å². The first-order chi connectivity index (χ1) is 9.64. The molecule has 1 amide bonds. The molecule has 1 atom stereocenters. The highest BCUT2D eigenvalue weighted by molar-refractivity contribution is 5.83. The first kappa shape index (κ1) is 17.5. The molecule has 5 heteroatoms. The van der Waals surface area contributed by atoms with Crippen LogP contribution in [0.15, 0.2) is 11.6 Å². The van der Waals surface area contributed by atoms with Crippen LogP contribution in [-0.4, -0.2) is 41.8 Å². The minimum atomic E-state index is -0.522. The van der Waals surface area contributed by atoms with E-state index in [2.05, 4.69) is 13.8 Å². The second-order valence-corrected chi connectivity index (χ2v) is 6.68. The summed E-state index contributed by atoms with van der Waals surface area (Å²) in [5.74, 6) is -0.0494. The number of rotatable bonds is 3. The van der Waals surface area contributed by atoms with Gasteiger partial charge < -0.3 is 14.4 Å². The summed E-state index contributed by atoms with van der Waals surface area (Å²) in [6.45, 7) is 12.2. The van der Waals surface area contributed by atoms with Gasteiger partial charge in [0.1, 0.15) is 5.60 Å². The minimum absolute atomic E-state index is 0.0560. The third-order valence-corrected chi connectivity index (χ3v) is 3.25. The number of amides is 1. The molecule has 0 aromatic heterocycles. The van der Waals surface area contributed by atoms with Crippen LogP contribution < -0.4 is 0 Å². The fourth-order valence-electron chi connectivity index (χ4n) is 2.35. The van der Waals surface area contributed by atoms with E-state index < -0.39 is 5.60 Å². The van der Waals surface area contributed by atoms with E-state index in [4.69, 9.17) is 9.47 Å². The Kier molecular flexibility index (Phi) is 5.81. The molecule has 1 unspecified atom stereocenters. The minimum Gasteiger partial charge on any atom is -0.463 e. The molecule has 0 bridgehead atoms. The number of hydrogen-bond donors (Lipinski definition) is 0. The van der Waals surface area contributed by atoms with E-state index in [1.165, 1.54) is 6.08 Å². The van der Waals surface area contributed by atoms with Crippen LogP contribution in [0, 0.1) is 5.92 Å². The van der Waals surface area contributed by atoms with Crippen LogP contribution in [0.2, 0.25) is 0 Å². The van der Waals surface area contributed by atoms with Crippen molar-refractivity contribution in [3.05, 3.63) is 11.6 Å². The van der Waals surface area contributed by atoms with E-state index in [0.717, 1.165) is 5.57 Å². The molecule has 21 heavy (non-hydrogen) atoms. The van der Waals surface area contributed by atoms with Crippen LogP contribution >= 0.6 is 0 Å². The van der Waals surface area contributed by atoms with Gasteiger partial charge in [0, 0.05) is 18.7 Å². The number of nitrogens with zero attached hydrogens (tertiary/aromatic N) is 1. The lowest BCUT2D eigenvalue weighted by Crippen LogP contribution is -2.41. The zero-order chi connectivity index (χ0) is 16.2. The van der Waals surface area contributed by atoms with Crippen molar-refractivity contribution in [2.75, 3.05) is 13.2 Å². The Morgan fingerprint density at radius 1 is 1.38 bits per heavy atom. The van der Waals surface area contributed by atoms with Crippen molar-refractivity contribution in [1.82, 2.24) is 4.90 Å². The number of esters is 1. The number of ether oxygens (including phenoxy) is 2. The summed E-state index contributed by atoms with van der Waals surface area (Å²) >= 11 is 0. The van der Waals surface area contributed by atoms with Crippen molar-refractivity contribution < 1.29 is 19.1 Å². The van der Waals surface area contributed by atoms with Crippen LogP contribution in [0.1, 0.15) is 48.0 Å². The summed E-state index contributed by atoms with van der Waals surface area (Å²) in [4.78, 5) is 25.6. The third-order valence-electron chi connectivity index (χ3n) is 3.25. The maximum atomic E-state index is 12.3. The van der Waals surface area contributed by atoms with E-state index in [1.54, 1.807) is 11.8 Å². The molecule has 0 N–H and O–H groups in total. The number of carbonyl (C=O) groups excluding carboxylic acids is 2. The molecule has 1 heterocycles. The van der Waals surface area contributed by atoms with Crippen molar-refractivity contribution in [2.45, 2.75) is 59.6 Å². The van der Waals surface area contributed by atoms with Crippen LogP contribution in [0.4, 0.5) is 4.79 Å². The fraction of sp³-hybridized carbons (Fsp3) is 0.750. The smallest absolute Gasteiger partial charge is 0.410 e. The van der Waals surface area contributed by atoms with Crippen LogP contribution in [0.25, 0.3) is 0 Å². The molecule has 5 nitrogen and oxygen atoms in total. The van der Waals surface area contributed by atoms with Gasteiger partial charge in [0.15, 0.2) is 0 Å². The Balaban J connectivity index is 2.83. The lowest BCUT2D eigenvalue weighted by molar-refractivity contribution is -0.137. The van der Waals surface area contributed by atoms with E-state index in [0.29, 0.717) is 25.5 Å².